The highest BCUT2D eigenvalue weighted by atomic mass is 16.5. The minimum Gasteiger partial charge on any atom is -0.467 e. The zero-order valence-corrected chi connectivity index (χ0v) is 12.2. The fraction of sp³-hybridized carbons (Fsp3) is 0.400. The molecule has 7 heteroatoms. The summed E-state index contributed by atoms with van der Waals surface area (Å²) in [4.78, 5) is 33.0. The van der Waals surface area contributed by atoms with Gasteiger partial charge in [-0.1, -0.05) is 0 Å². The molecule has 0 aliphatic carbocycles. The second-order valence-corrected chi connectivity index (χ2v) is 5.02. The van der Waals surface area contributed by atoms with Crippen LogP contribution < -0.4 is 0 Å². The van der Waals surface area contributed by atoms with Gasteiger partial charge in [-0.2, -0.15) is 0 Å². The van der Waals surface area contributed by atoms with Crippen LogP contribution in [0.1, 0.15) is 52.5 Å². The predicted octanol–water partition coefficient (Wildman–Crippen LogP) is 2.16. The molecule has 2 aromatic rings. The van der Waals surface area contributed by atoms with Gasteiger partial charge in [0.1, 0.15) is 5.76 Å². The van der Waals surface area contributed by atoms with Crippen molar-refractivity contribution in [2.75, 3.05) is 13.2 Å². The van der Waals surface area contributed by atoms with Gasteiger partial charge in [0, 0.05) is 6.54 Å². The molecule has 1 N–H and O–H groups in total. The number of ether oxygens (including phenoxy) is 1. The Morgan fingerprint density at radius 3 is 3.14 bits per heavy atom. The third kappa shape index (κ3) is 2.49. The summed E-state index contributed by atoms with van der Waals surface area (Å²) in [5, 5.41) is 0. The number of amides is 1. The van der Waals surface area contributed by atoms with Crippen LogP contribution in [0.4, 0.5) is 0 Å². The van der Waals surface area contributed by atoms with Gasteiger partial charge >= 0.3 is 5.97 Å². The molecule has 116 valence electrons. The average Bonchev–Trinajstić information content (AvgIpc) is 3.25. The summed E-state index contributed by atoms with van der Waals surface area (Å²) in [6.07, 6.45) is 4.64. The molecule has 1 aliphatic heterocycles. The van der Waals surface area contributed by atoms with E-state index in [2.05, 4.69) is 9.97 Å². The molecule has 0 unspecified atom stereocenters. The van der Waals surface area contributed by atoms with Crippen LogP contribution >= 0.6 is 0 Å². The van der Waals surface area contributed by atoms with Crippen molar-refractivity contribution in [1.29, 1.82) is 0 Å². The molecule has 1 aliphatic rings. The number of aromatic nitrogens is 2. The van der Waals surface area contributed by atoms with Gasteiger partial charge in [0.2, 0.25) is 0 Å². The minimum atomic E-state index is -0.572. The van der Waals surface area contributed by atoms with Gasteiger partial charge in [0.15, 0.2) is 11.4 Å². The summed E-state index contributed by atoms with van der Waals surface area (Å²) in [5.41, 5.74) is 0.189. The lowest BCUT2D eigenvalue weighted by atomic mass is 10.1. The molecule has 1 atom stereocenters. The van der Waals surface area contributed by atoms with E-state index in [1.165, 1.54) is 6.33 Å². The van der Waals surface area contributed by atoms with Crippen molar-refractivity contribution in [3.63, 3.8) is 0 Å². The highest BCUT2D eigenvalue weighted by Gasteiger charge is 2.35. The van der Waals surface area contributed by atoms with Gasteiger partial charge < -0.3 is 19.0 Å². The van der Waals surface area contributed by atoms with Gasteiger partial charge in [0.05, 0.1) is 25.2 Å². The maximum Gasteiger partial charge on any atom is 0.357 e. The summed E-state index contributed by atoms with van der Waals surface area (Å²) in [6, 6.07) is 3.54. The lowest BCUT2D eigenvalue weighted by Gasteiger charge is -2.22. The van der Waals surface area contributed by atoms with Crippen LogP contribution in [0.25, 0.3) is 0 Å². The summed E-state index contributed by atoms with van der Waals surface area (Å²) in [5.74, 6) is -0.112. The molecule has 3 heterocycles. The van der Waals surface area contributed by atoms with E-state index in [0.29, 0.717) is 6.54 Å². The van der Waals surface area contributed by atoms with Crippen molar-refractivity contribution >= 4 is 11.9 Å². The van der Waals surface area contributed by atoms with Crippen molar-refractivity contribution in [3.8, 4) is 0 Å². The van der Waals surface area contributed by atoms with Gasteiger partial charge in [-0.15, -0.1) is 0 Å². The SMILES string of the molecule is CCOC(=O)c1[nH]cnc1C(=O)N1CCC[C@H]1c1ccco1. The van der Waals surface area contributed by atoms with Crippen LogP contribution in [0.3, 0.4) is 0 Å². The molecule has 22 heavy (non-hydrogen) atoms. The van der Waals surface area contributed by atoms with E-state index in [9.17, 15) is 9.59 Å². The number of carbonyl (C=O) groups is 2. The largest absolute Gasteiger partial charge is 0.467 e. The normalized spacial score (nSPS) is 17.7. The van der Waals surface area contributed by atoms with Gasteiger partial charge in [-0.25, -0.2) is 9.78 Å². The van der Waals surface area contributed by atoms with Crippen LogP contribution in [-0.4, -0.2) is 39.9 Å². The van der Waals surface area contributed by atoms with E-state index in [4.69, 9.17) is 9.15 Å². The molecule has 2 aromatic heterocycles. The first-order chi connectivity index (χ1) is 10.7. The number of imidazole rings is 1. The van der Waals surface area contributed by atoms with Crippen LogP contribution in [0, 0.1) is 0 Å². The Morgan fingerprint density at radius 2 is 2.41 bits per heavy atom. The molecular weight excluding hydrogens is 286 g/mol. The Hall–Kier alpha value is -2.57. The summed E-state index contributed by atoms with van der Waals surface area (Å²) >= 11 is 0. The van der Waals surface area contributed by atoms with Crippen LogP contribution in [0.2, 0.25) is 0 Å². The number of hydrogen-bond donors (Lipinski definition) is 1. The number of esters is 1. The van der Waals surface area contributed by atoms with E-state index in [-0.39, 0.29) is 29.9 Å². The Labute approximate surface area is 127 Å². The monoisotopic (exact) mass is 303 g/mol. The van der Waals surface area contributed by atoms with Crippen LogP contribution in [0.5, 0.6) is 0 Å². The second kappa shape index (κ2) is 6.05. The summed E-state index contributed by atoms with van der Waals surface area (Å²) < 4.78 is 10.4. The number of furan rings is 1. The third-order valence-electron chi connectivity index (χ3n) is 3.71. The molecule has 3 rings (SSSR count). The second-order valence-electron chi connectivity index (χ2n) is 5.02. The summed E-state index contributed by atoms with van der Waals surface area (Å²) in [7, 11) is 0. The van der Waals surface area contributed by atoms with Crippen molar-refractivity contribution in [1.82, 2.24) is 14.9 Å². The lowest BCUT2D eigenvalue weighted by molar-refractivity contribution is 0.0510. The van der Waals surface area contributed by atoms with E-state index < -0.39 is 5.97 Å². The molecule has 0 aromatic carbocycles. The number of likely N-dealkylation sites (tertiary alicyclic amines) is 1. The van der Waals surface area contributed by atoms with E-state index in [0.717, 1.165) is 18.6 Å². The number of carbonyl (C=O) groups excluding carboxylic acids is 2. The number of hydrogen-bond acceptors (Lipinski definition) is 5. The molecule has 1 amide bonds. The first-order valence-corrected chi connectivity index (χ1v) is 7.27. The first kappa shape index (κ1) is 14.4. The van der Waals surface area contributed by atoms with Crippen molar-refractivity contribution in [2.45, 2.75) is 25.8 Å². The average molecular weight is 303 g/mol. The van der Waals surface area contributed by atoms with Crippen molar-refractivity contribution in [3.05, 3.63) is 41.9 Å². The van der Waals surface area contributed by atoms with E-state index >= 15 is 0 Å². The van der Waals surface area contributed by atoms with Crippen molar-refractivity contribution in [2.24, 2.45) is 0 Å². The number of rotatable bonds is 4. The van der Waals surface area contributed by atoms with Crippen molar-refractivity contribution < 1.29 is 18.7 Å². The van der Waals surface area contributed by atoms with E-state index in [1.807, 2.05) is 6.07 Å². The number of H-pyrrole nitrogens is 1. The van der Waals surface area contributed by atoms with Gasteiger partial charge in [-0.3, -0.25) is 4.79 Å². The predicted molar refractivity (Wildman–Crippen MR) is 76.3 cm³/mol. The molecular formula is C15H17N3O4. The third-order valence-corrected chi connectivity index (χ3v) is 3.71. The van der Waals surface area contributed by atoms with Crippen LogP contribution in [-0.2, 0) is 4.74 Å². The van der Waals surface area contributed by atoms with E-state index in [1.54, 1.807) is 24.2 Å². The van der Waals surface area contributed by atoms with Crippen LogP contribution in [0.15, 0.2) is 29.1 Å². The quantitative estimate of drug-likeness (QED) is 0.874. The smallest absolute Gasteiger partial charge is 0.357 e. The number of nitrogens with one attached hydrogen (secondary N) is 1. The number of aromatic amines is 1. The minimum absolute atomic E-state index is 0.0944. The molecule has 1 fully saturated rings. The molecule has 0 bridgehead atoms. The highest BCUT2D eigenvalue weighted by molar-refractivity contribution is 6.03. The Morgan fingerprint density at radius 1 is 1.55 bits per heavy atom. The molecule has 0 radical (unpaired) electrons. The summed E-state index contributed by atoms with van der Waals surface area (Å²) in [6.45, 7) is 2.56. The zero-order valence-electron chi connectivity index (χ0n) is 12.2. The molecule has 1 saturated heterocycles. The highest BCUT2D eigenvalue weighted by Crippen LogP contribution is 2.33. The first-order valence-electron chi connectivity index (χ1n) is 7.27. The lowest BCUT2D eigenvalue weighted by Crippen LogP contribution is -2.32. The Balaban J connectivity index is 1.85. The fourth-order valence-electron chi connectivity index (χ4n) is 2.74. The van der Waals surface area contributed by atoms with Gasteiger partial charge in [-0.05, 0) is 31.9 Å². The molecule has 0 saturated carbocycles. The topological polar surface area (TPSA) is 88.4 Å². The zero-order chi connectivity index (χ0) is 15.5. The standard InChI is InChI=1S/C15H17N3O4/c1-2-21-15(20)13-12(16-9-17-13)14(19)18-7-3-5-10(18)11-6-4-8-22-11/h4,6,8-10H,2-3,5,7H2,1H3,(H,16,17)/t10-/m0/s1. The molecule has 0 spiro atoms. The maximum absolute atomic E-state index is 12.7. The maximum atomic E-state index is 12.7. The fourth-order valence-corrected chi connectivity index (χ4v) is 2.74. The molecule has 7 nitrogen and oxygen atoms in total. The van der Waals surface area contributed by atoms with Gasteiger partial charge in [0.25, 0.3) is 5.91 Å². The Bertz CT molecular complexity index is 662. The Kier molecular flexibility index (Phi) is 3.95. The number of nitrogens with zero attached hydrogens (tertiary/aromatic N) is 2.